The van der Waals surface area contributed by atoms with Gasteiger partial charge in [-0.25, -0.2) is 4.68 Å². The zero-order valence-electron chi connectivity index (χ0n) is 12.9. The van der Waals surface area contributed by atoms with Crippen molar-refractivity contribution in [2.45, 2.75) is 57.5 Å². The van der Waals surface area contributed by atoms with E-state index in [1.807, 2.05) is 13.8 Å². The van der Waals surface area contributed by atoms with Gasteiger partial charge in [0.25, 0.3) is 0 Å². The van der Waals surface area contributed by atoms with E-state index in [4.69, 9.17) is 0 Å². The van der Waals surface area contributed by atoms with E-state index in [9.17, 15) is 15.2 Å². The largest absolute Gasteiger partial charge is 0.388 e. The van der Waals surface area contributed by atoms with Crippen molar-refractivity contribution >= 4 is 11.5 Å². The third kappa shape index (κ3) is 3.34. The number of aromatic nitrogens is 2. The number of nitro groups is 1. The molecule has 0 amide bonds. The molecule has 2 rings (SSSR count). The quantitative estimate of drug-likeness (QED) is 0.643. The minimum Gasteiger partial charge on any atom is -0.388 e. The van der Waals surface area contributed by atoms with E-state index in [-0.39, 0.29) is 11.6 Å². The average Bonchev–Trinajstić information content (AvgIpc) is 2.75. The maximum Gasteiger partial charge on any atom is 0.334 e. The minimum atomic E-state index is -0.769. The molecular weight excluding hydrogens is 272 g/mol. The first-order valence-corrected chi connectivity index (χ1v) is 7.51. The average molecular weight is 296 g/mol. The monoisotopic (exact) mass is 296 g/mol. The van der Waals surface area contributed by atoms with E-state index in [0.717, 1.165) is 32.1 Å². The molecule has 0 spiro atoms. The predicted molar refractivity (Wildman–Crippen MR) is 80.5 cm³/mol. The molecule has 118 valence electrons. The van der Waals surface area contributed by atoms with E-state index < -0.39 is 10.5 Å². The van der Waals surface area contributed by atoms with Crippen molar-refractivity contribution in [3.8, 4) is 0 Å². The smallest absolute Gasteiger partial charge is 0.334 e. The van der Waals surface area contributed by atoms with Gasteiger partial charge in [-0.1, -0.05) is 33.1 Å². The molecule has 0 aromatic carbocycles. The van der Waals surface area contributed by atoms with Crippen LogP contribution in [0.25, 0.3) is 0 Å². The van der Waals surface area contributed by atoms with Crippen LogP contribution in [0.5, 0.6) is 0 Å². The van der Waals surface area contributed by atoms with Crippen molar-refractivity contribution in [2.24, 2.45) is 7.05 Å². The highest BCUT2D eigenvalue weighted by Crippen LogP contribution is 2.34. The lowest BCUT2D eigenvalue weighted by molar-refractivity contribution is -0.384. The van der Waals surface area contributed by atoms with Gasteiger partial charge < -0.3 is 10.4 Å². The predicted octanol–water partition coefficient (Wildman–Crippen LogP) is 2.56. The van der Waals surface area contributed by atoms with Crippen LogP contribution < -0.4 is 5.32 Å². The molecule has 1 fully saturated rings. The highest BCUT2D eigenvalue weighted by atomic mass is 16.6. The first-order valence-electron chi connectivity index (χ1n) is 7.51. The van der Waals surface area contributed by atoms with E-state index in [0.29, 0.717) is 18.1 Å². The Morgan fingerprint density at radius 3 is 2.57 bits per heavy atom. The number of hydrogen-bond donors (Lipinski definition) is 2. The number of aryl methyl sites for hydroxylation is 1. The maximum absolute atomic E-state index is 11.3. The van der Waals surface area contributed by atoms with Crippen LogP contribution in [0.15, 0.2) is 0 Å². The molecule has 1 aliphatic carbocycles. The summed E-state index contributed by atoms with van der Waals surface area (Å²) in [7, 11) is 1.69. The van der Waals surface area contributed by atoms with Crippen LogP contribution in [-0.2, 0) is 7.05 Å². The van der Waals surface area contributed by atoms with E-state index in [2.05, 4.69) is 10.4 Å². The molecule has 0 atom stereocenters. The Kier molecular flexibility index (Phi) is 4.51. The maximum atomic E-state index is 11.3. The fraction of sp³-hybridized carbons (Fsp3) is 0.786. The number of hydrogen-bond acceptors (Lipinski definition) is 5. The lowest BCUT2D eigenvalue weighted by Gasteiger charge is -2.32. The molecule has 1 heterocycles. The summed E-state index contributed by atoms with van der Waals surface area (Å²) in [6, 6.07) is 0. The Bertz CT molecular complexity index is 519. The summed E-state index contributed by atoms with van der Waals surface area (Å²) in [5.74, 6) is 0.354. The third-order valence-electron chi connectivity index (χ3n) is 4.15. The summed E-state index contributed by atoms with van der Waals surface area (Å²) in [5.41, 5.74) is -0.276. The molecule has 0 radical (unpaired) electrons. The molecule has 1 aromatic heterocycles. The van der Waals surface area contributed by atoms with E-state index in [1.165, 1.54) is 4.68 Å². The van der Waals surface area contributed by atoms with Gasteiger partial charge in [-0.3, -0.25) is 10.1 Å². The summed E-state index contributed by atoms with van der Waals surface area (Å²) < 4.78 is 1.50. The van der Waals surface area contributed by atoms with Crippen LogP contribution >= 0.6 is 0 Å². The molecule has 0 bridgehead atoms. The van der Waals surface area contributed by atoms with Gasteiger partial charge in [-0.2, -0.15) is 5.10 Å². The third-order valence-corrected chi connectivity index (χ3v) is 4.15. The van der Waals surface area contributed by atoms with Gasteiger partial charge in [-0.15, -0.1) is 0 Å². The molecule has 0 aliphatic heterocycles. The summed E-state index contributed by atoms with van der Waals surface area (Å²) in [5, 5.41) is 29.2. The number of rotatable bonds is 5. The molecule has 21 heavy (non-hydrogen) atoms. The molecule has 1 saturated carbocycles. The van der Waals surface area contributed by atoms with Crippen LogP contribution in [0.4, 0.5) is 11.5 Å². The summed E-state index contributed by atoms with van der Waals surface area (Å²) in [6.45, 7) is 4.09. The number of nitrogens with zero attached hydrogens (tertiary/aromatic N) is 3. The van der Waals surface area contributed by atoms with Crippen LogP contribution in [0, 0.1) is 10.1 Å². The molecule has 1 aromatic rings. The summed E-state index contributed by atoms with van der Waals surface area (Å²) >= 11 is 0. The number of aliphatic hydroxyl groups is 1. The van der Waals surface area contributed by atoms with Gasteiger partial charge in [0.1, 0.15) is 5.69 Å². The number of anilines is 1. The van der Waals surface area contributed by atoms with Gasteiger partial charge in [0, 0.05) is 19.5 Å². The Morgan fingerprint density at radius 1 is 1.43 bits per heavy atom. The molecule has 7 nitrogen and oxygen atoms in total. The Morgan fingerprint density at radius 2 is 2.05 bits per heavy atom. The number of nitrogens with one attached hydrogen (secondary N) is 1. The lowest BCUT2D eigenvalue weighted by atomic mass is 9.85. The minimum absolute atomic E-state index is 0.0203. The van der Waals surface area contributed by atoms with Crippen LogP contribution in [0.1, 0.15) is 57.6 Å². The Labute approximate surface area is 124 Å². The fourth-order valence-electron chi connectivity index (χ4n) is 2.94. The molecule has 1 aliphatic rings. The lowest BCUT2D eigenvalue weighted by Crippen LogP contribution is -2.39. The van der Waals surface area contributed by atoms with Crippen molar-refractivity contribution in [2.75, 3.05) is 11.9 Å². The first-order chi connectivity index (χ1) is 9.84. The zero-order valence-corrected chi connectivity index (χ0v) is 12.9. The topological polar surface area (TPSA) is 93.2 Å². The van der Waals surface area contributed by atoms with Crippen LogP contribution in [-0.4, -0.2) is 32.0 Å². The summed E-state index contributed by atoms with van der Waals surface area (Å²) in [6.07, 6.45) is 4.63. The van der Waals surface area contributed by atoms with E-state index >= 15 is 0 Å². The van der Waals surface area contributed by atoms with Crippen LogP contribution in [0.2, 0.25) is 0 Å². The fourth-order valence-corrected chi connectivity index (χ4v) is 2.94. The van der Waals surface area contributed by atoms with Gasteiger partial charge in [0.2, 0.25) is 5.82 Å². The van der Waals surface area contributed by atoms with Gasteiger partial charge >= 0.3 is 5.69 Å². The van der Waals surface area contributed by atoms with Gasteiger partial charge in [0.05, 0.1) is 10.5 Å². The van der Waals surface area contributed by atoms with Gasteiger partial charge in [0.15, 0.2) is 0 Å². The van der Waals surface area contributed by atoms with Gasteiger partial charge in [-0.05, 0) is 12.8 Å². The standard InChI is InChI=1S/C14H24N4O3/c1-10(2)11-12(18(20)21)13(17(3)16-11)15-9-14(19)7-5-4-6-8-14/h10,15,19H,4-9H2,1-3H3. The highest BCUT2D eigenvalue weighted by molar-refractivity contribution is 5.60. The zero-order chi connectivity index (χ0) is 15.6. The second kappa shape index (κ2) is 6.01. The molecule has 0 saturated heterocycles. The SMILES string of the molecule is CC(C)c1nn(C)c(NCC2(O)CCCCC2)c1[N+](=O)[O-]. The van der Waals surface area contributed by atoms with E-state index in [1.54, 1.807) is 7.05 Å². The molecular formula is C14H24N4O3. The molecule has 7 heteroatoms. The molecule has 0 unspecified atom stereocenters. The van der Waals surface area contributed by atoms with Crippen molar-refractivity contribution in [1.29, 1.82) is 0 Å². The second-order valence-corrected chi connectivity index (χ2v) is 6.26. The first kappa shape index (κ1) is 15.8. The second-order valence-electron chi connectivity index (χ2n) is 6.26. The molecule has 2 N–H and O–H groups in total. The Balaban J connectivity index is 2.21. The highest BCUT2D eigenvalue weighted by Gasteiger charge is 2.33. The van der Waals surface area contributed by atoms with Crippen molar-refractivity contribution < 1.29 is 10.0 Å². The van der Waals surface area contributed by atoms with Crippen molar-refractivity contribution in [3.05, 3.63) is 15.8 Å². The van der Waals surface area contributed by atoms with Crippen molar-refractivity contribution in [1.82, 2.24) is 9.78 Å². The van der Waals surface area contributed by atoms with Crippen LogP contribution in [0.3, 0.4) is 0 Å². The summed E-state index contributed by atoms with van der Waals surface area (Å²) in [4.78, 5) is 10.9. The normalized spacial score (nSPS) is 18.0. The van der Waals surface area contributed by atoms with Crippen molar-refractivity contribution in [3.63, 3.8) is 0 Å². The Hall–Kier alpha value is -1.63.